The van der Waals surface area contributed by atoms with Crippen LogP contribution in [-0.2, 0) is 19.1 Å². The van der Waals surface area contributed by atoms with Gasteiger partial charge in [0.15, 0.2) is 0 Å². The molecular weight excluding hydrogens is 232 g/mol. The number of carbonyl (C=O) groups excluding carboxylic acids is 2. The van der Waals surface area contributed by atoms with Crippen LogP contribution in [0.1, 0.15) is 52.9 Å². The summed E-state index contributed by atoms with van der Waals surface area (Å²) in [4.78, 5) is 22.5. The Bertz CT molecular complexity index is 271. The molecule has 0 saturated heterocycles. The van der Waals surface area contributed by atoms with Crippen molar-refractivity contribution in [2.24, 2.45) is 0 Å². The lowest BCUT2D eigenvalue weighted by molar-refractivity contribution is -0.143. The fourth-order valence-electron chi connectivity index (χ4n) is 1.29. The number of esters is 2. The predicted octanol–water partition coefficient (Wildman–Crippen LogP) is 3.01. The van der Waals surface area contributed by atoms with E-state index in [9.17, 15) is 9.59 Å². The Morgan fingerprint density at radius 3 is 2.28 bits per heavy atom. The van der Waals surface area contributed by atoms with Crippen LogP contribution >= 0.6 is 0 Å². The van der Waals surface area contributed by atoms with Crippen LogP contribution in [0.4, 0.5) is 0 Å². The van der Waals surface area contributed by atoms with E-state index in [0.717, 1.165) is 44.3 Å². The molecule has 4 nitrogen and oxygen atoms in total. The van der Waals surface area contributed by atoms with Gasteiger partial charge in [-0.2, -0.15) is 0 Å². The van der Waals surface area contributed by atoms with Gasteiger partial charge in [-0.05, 0) is 19.8 Å². The minimum absolute atomic E-state index is 0.113. The molecule has 0 fully saturated rings. The molecule has 0 spiro atoms. The van der Waals surface area contributed by atoms with Crippen molar-refractivity contribution in [3.63, 3.8) is 0 Å². The zero-order chi connectivity index (χ0) is 13.8. The topological polar surface area (TPSA) is 52.6 Å². The summed E-state index contributed by atoms with van der Waals surface area (Å²) in [6.45, 7) is 6.34. The quantitative estimate of drug-likeness (QED) is 0.361. The van der Waals surface area contributed by atoms with E-state index in [-0.39, 0.29) is 6.10 Å². The molecule has 0 N–H and O–H groups in total. The van der Waals surface area contributed by atoms with Crippen LogP contribution in [0, 0.1) is 0 Å². The van der Waals surface area contributed by atoms with Crippen molar-refractivity contribution < 1.29 is 19.1 Å². The summed E-state index contributed by atoms with van der Waals surface area (Å²) in [5.74, 6) is -0.993. The average molecular weight is 256 g/mol. The zero-order valence-electron chi connectivity index (χ0n) is 11.6. The van der Waals surface area contributed by atoms with Gasteiger partial charge in [-0.25, -0.2) is 9.59 Å². The highest BCUT2D eigenvalue weighted by Crippen LogP contribution is 2.04. The second-order valence-corrected chi connectivity index (χ2v) is 4.24. The van der Waals surface area contributed by atoms with E-state index >= 15 is 0 Å². The van der Waals surface area contributed by atoms with E-state index < -0.39 is 11.9 Å². The molecular formula is C14H24O4. The SMILES string of the molecule is CCCCOC(=O)/C=C/C(=O)OC(C)CCCC. The summed E-state index contributed by atoms with van der Waals surface area (Å²) in [7, 11) is 0. The van der Waals surface area contributed by atoms with Crippen molar-refractivity contribution >= 4 is 11.9 Å². The van der Waals surface area contributed by atoms with Gasteiger partial charge in [0.1, 0.15) is 0 Å². The first-order chi connectivity index (χ1) is 8.60. The van der Waals surface area contributed by atoms with Gasteiger partial charge in [0.25, 0.3) is 0 Å². The number of rotatable bonds is 9. The Morgan fingerprint density at radius 2 is 1.67 bits per heavy atom. The van der Waals surface area contributed by atoms with E-state index in [1.165, 1.54) is 0 Å². The van der Waals surface area contributed by atoms with Crippen LogP contribution in [0.3, 0.4) is 0 Å². The summed E-state index contributed by atoms with van der Waals surface area (Å²) in [5.41, 5.74) is 0. The van der Waals surface area contributed by atoms with E-state index in [1.807, 2.05) is 13.8 Å². The summed E-state index contributed by atoms with van der Waals surface area (Å²) >= 11 is 0. The molecule has 0 rings (SSSR count). The van der Waals surface area contributed by atoms with E-state index in [1.54, 1.807) is 0 Å². The molecule has 104 valence electrons. The highest BCUT2D eigenvalue weighted by molar-refractivity contribution is 5.91. The molecule has 0 aromatic carbocycles. The lowest BCUT2D eigenvalue weighted by atomic mass is 10.2. The molecule has 0 aliphatic carbocycles. The van der Waals surface area contributed by atoms with Crippen LogP contribution in [0.25, 0.3) is 0 Å². The molecule has 0 aliphatic rings. The first kappa shape index (κ1) is 16.7. The van der Waals surface area contributed by atoms with Crippen LogP contribution < -0.4 is 0 Å². The Labute approximate surface area is 109 Å². The van der Waals surface area contributed by atoms with Crippen LogP contribution in [0.15, 0.2) is 12.2 Å². The molecule has 18 heavy (non-hydrogen) atoms. The molecule has 0 aromatic heterocycles. The van der Waals surface area contributed by atoms with Crippen molar-refractivity contribution in [3.8, 4) is 0 Å². The number of carbonyl (C=O) groups is 2. The van der Waals surface area contributed by atoms with Gasteiger partial charge in [-0.1, -0.05) is 33.1 Å². The van der Waals surface area contributed by atoms with Gasteiger partial charge < -0.3 is 9.47 Å². The normalized spacial score (nSPS) is 12.4. The standard InChI is InChI=1S/C14H24O4/c1-4-6-8-12(3)18-14(16)10-9-13(15)17-11-7-5-2/h9-10,12H,4-8,11H2,1-3H3/b10-9+. The maximum atomic E-state index is 11.3. The maximum Gasteiger partial charge on any atom is 0.331 e. The Morgan fingerprint density at radius 1 is 1.06 bits per heavy atom. The first-order valence-electron chi connectivity index (χ1n) is 6.65. The smallest absolute Gasteiger partial charge is 0.331 e. The summed E-state index contributed by atoms with van der Waals surface area (Å²) in [5, 5.41) is 0. The highest BCUT2D eigenvalue weighted by Gasteiger charge is 2.06. The first-order valence-corrected chi connectivity index (χ1v) is 6.65. The van der Waals surface area contributed by atoms with Crippen LogP contribution in [0.5, 0.6) is 0 Å². The monoisotopic (exact) mass is 256 g/mol. The molecule has 0 saturated carbocycles. The number of unbranched alkanes of at least 4 members (excludes halogenated alkanes) is 2. The molecule has 4 heteroatoms. The van der Waals surface area contributed by atoms with Gasteiger partial charge in [0, 0.05) is 12.2 Å². The average Bonchev–Trinajstić information content (AvgIpc) is 2.34. The van der Waals surface area contributed by atoms with E-state index in [0.29, 0.717) is 6.61 Å². The number of ether oxygens (including phenoxy) is 2. The van der Waals surface area contributed by atoms with Gasteiger partial charge in [-0.15, -0.1) is 0 Å². The van der Waals surface area contributed by atoms with Gasteiger partial charge in [-0.3, -0.25) is 0 Å². The molecule has 0 aliphatic heterocycles. The molecule has 0 heterocycles. The second kappa shape index (κ2) is 10.8. The van der Waals surface area contributed by atoms with E-state index in [2.05, 4.69) is 6.92 Å². The fraction of sp³-hybridized carbons (Fsp3) is 0.714. The third kappa shape index (κ3) is 9.87. The molecule has 0 aromatic rings. The molecule has 0 bridgehead atoms. The Hall–Kier alpha value is -1.32. The van der Waals surface area contributed by atoms with E-state index in [4.69, 9.17) is 9.47 Å². The summed E-state index contributed by atoms with van der Waals surface area (Å²) < 4.78 is 9.96. The van der Waals surface area contributed by atoms with Crippen LogP contribution in [-0.4, -0.2) is 24.6 Å². The number of hydrogen-bond donors (Lipinski definition) is 0. The Kier molecular flexibility index (Phi) is 10.0. The van der Waals surface area contributed by atoms with Crippen molar-refractivity contribution in [2.45, 2.75) is 59.0 Å². The van der Waals surface area contributed by atoms with Gasteiger partial charge in [0.2, 0.25) is 0 Å². The molecule has 0 radical (unpaired) electrons. The minimum Gasteiger partial charge on any atom is -0.463 e. The van der Waals surface area contributed by atoms with Crippen molar-refractivity contribution in [3.05, 3.63) is 12.2 Å². The largest absolute Gasteiger partial charge is 0.463 e. The summed E-state index contributed by atoms with van der Waals surface area (Å²) in [6, 6.07) is 0. The third-order valence-electron chi connectivity index (χ3n) is 2.38. The predicted molar refractivity (Wildman–Crippen MR) is 70.1 cm³/mol. The summed E-state index contributed by atoms with van der Waals surface area (Å²) in [6.07, 6.45) is 6.86. The maximum absolute atomic E-state index is 11.3. The molecule has 0 amide bonds. The second-order valence-electron chi connectivity index (χ2n) is 4.24. The van der Waals surface area contributed by atoms with Crippen molar-refractivity contribution in [1.82, 2.24) is 0 Å². The van der Waals surface area contributed by atoms with Crippen molar-refractivity contribution in [2.75, 3.05) is 6.61 Å². The fourth-order valence-corrected chi connectivity index (χ4v) is 1.29. The molecule has 1 unspecified atom stereocenters. The lowest BCUT2D eigenvalue weighted by Crippen LogP contribution is -2.13. The number of hydrogen-bond acceptors (Lipinski definition) is 4. The van der Waals surface area contributed by atoms with Gasteiger partial charge >= 0.3 is 11.9 Å². The van der Waals surface area contributed by atoms with Crippen LogP contribution in [0.2, 0.25) is 0 Å². The van der Waals surface area contributed by atoms with Gasteiger partial charge in [0.05, 0.1) is 12.7 Å². The van der Waals surface area contributed by atoms with Crippen molar-refractivity contribution in [1.29, 1.82) is 0 Å². The molecule has 1 atom stereocenters. The Balaban J connectivity index is 3.81. The highest BCUT2D eigenvalue weighted by atomic mass is 16.5. The third-order valence-corrected chi connectivity index (χ3v) is 2.38. The zero-order valence-corrected chi connectivity index (χ0v) is 11.6. The minimum atomic E-state index is -0.499. The lowest BCUT2D eigenvalue weighted by Gasteiger charge is -2.10.